The van der Waals surface area contributed by atoms with E-state index in [2.05, 4.69) is 22.4 Å². The van der Waals surface area contributed by atoms with E-state index in [-0.39, 0.29) is 17.9 Å². The molecule has 1 N–H and O–H groups in total. The zero-order valence-corrected chi connectivity index (χ0v) is 13.5. The molecule has 4 nitrogen and oxygen atoms in total. The van der Waals surface area contributed by atoms with Crippen LogP contribution in [0, 0.1) is 0 Å². The molecule has 2 heterocycles. The van der Waals surface area contributed by atoms with Crippen LogP contribution in [0.4, 0.5) is 0 Å². The van der Waals surface area contributed by atoms with Crippen LogP contribution in [0.25, 0.3) is 0 Å². The Morgan fingerprint density at radius 3 is 2.86 bits per heavy atom. The van der Waals surface area contributed by atoms with E-state index in [1.54, 1.807) is 0 Å². The monoisotopic (exact) mass is 327 g/mol. The van der Waals surface area contributed by atoms with Crippen LogP contribution in [0.2, 0.25) is 5.02 Å². The molecule has 0 bridgehead atoms. The Bertz CT molecular complexity index is 594. The summed E-state index contributed by atoms with van der Waals surface area (Å²) in [6.45, 7) is 3.12. The van der Waals surface area contributed by atoms with Crippen molar-refractivity contribution in [1.29, 1.82) is 0 Å². The van der Waals surface area contributed by atoms with Gasteiger partial charge in [-0.15, -0.1) is 12.4 Å². The highest BCUT2D eigenvalue weighted by atomic mass is 35.5. The number of halogens is 2. The summed E-state index contributed by atoms with van der Waals surface area (Å²) in [6.07, 6.45) is 4.02. The van der Waals surface area contributed by atoms with Crippen LogP contribution in [0.3, 0.4) is 0 Å². The Morgan fingerprint density at radius 1 is 1.33 bits per heavy atom. The molecular weight excluding hydrogens is 309 g/mol. The van der Waals surface area contributed by atoms with Crippen molar-refractivity contribution in [3.8, 4) is 0 Å². The fraction of sp³-hybridized carbons (Fsp3) is 0.467. The predicted octanol–water partition coefficient (Wildman–Crippen LogP) is 3.72. The molecule has 1 aliphatic heterocycles. The third-order valence-corrected chi connectivity index (χ3v) is 4.23. The van der Waals surface area contributed by atoms with E-state index in [0.29, 0.717) is 18.1 Å². The van der Waals surface area contributed by atoms with Crippen LogP contribution in [0.1, 0.15) is 43.5 Å². The summed E-state index contributed by atoms with van der Waals surface area (Å²) >= 11 is 6.16. The van der Waals surface area contributed by atoms with Gasteiger partial charge in [0, 0.05) is 11.4 Å². The molecule has 1 aliphatic rings. The highest BCUT2D eigenvalue weighted by Crippen LogP contribution is 2.29. The summed E-state index contributed by atoms with van der Waals surface area (Å²) in [4.78, 5) is 4.54. The van der Waals surface area contributed by atoms with Crippen LogP contribution in [0.5, 0.6) is 0 Å². The molecule has 2 aromatic rings. The molecule has 6 heteroatoms. The number of piperidine rings is 1. The van der Waals surface area contributed by atoms with Gasteiger partial charge in [0.05, 0.1) is 5.54 Å². The number of nitrogens with zero attached hydrogens (tertiary/aromatic N) is 2. The lowest BCUT2D eigenvalue weighted by Gasteiger charge is -2.31. The lowest BCUT2D eigenvalue weighted by molar-refractivity contribution is 0.206. The Balaban J connectivity index is 0.00000161. The maximum Gasteiger partial charge on any atom is 0.246 e. The normalized spacial score (nSPS) is 21.8. The topological polar surface area (TPSA) is 51.0 Å². The van der Waals surface area contributed by atoms with Crippen LogP contribution < -0.4 is 5.32 Å². The van der Waals surface area contributed by atoms with Crippen molar-refractivity contribution >= 4 is 24.0 Å². The lowest BCUT2D eigenvalue weighted by atomic mass is 9.91. The van der Waals surface area contributed by atoms with Crippen molar-refractivity contribution in [2.24, 2.45) is 0 Å². The molecule has 1 atom stereocenters. The van der Waals surface area contributed by atoms with Gasteiger partial charge in [-0.05, 0) is 44.4 Å². The fourth-order valence-electron chi connectivity index (χ4n) is 2.60. The molecule has 114 valence electrons. The molecule has 0 spiro atoms. The number of hydrogen-bond acceptors (Lipinski definition) is 4. The first-order chi connectivity index (χ1) is 9.67. The van der Waals surface area contributed by atoms with Crippen LogP contribution in [-0.2, 0) is 12.0 Å². The highest BCUT2D eigenvalue weighted by Gasteiger charge is 2.34. The van der Waals surface area contributed by atoms with Gasteiger partial charge in [-0.25, -0.2) is 0 Å². The Hall–Kier alpha value is -1.10. The van der Waals surface area contributed by atoms with Crippen molar-refractivity contribution in [2.75, 3.05) is 6.54 Å². The zero-order valence-electron chi connectivity index (χ0n) is 11.9. The molecule has 1 fully saturated rings. The Kier molecular flexibility index (Phi) is 5.25. The van der Waals surface area contributed by atoms with E-state index >= 15 is 0 Å². The summed E-state index contributed by atoms with van der Waals surface area (Å²) in [5, 5.41) is 8.30. The maximum absolute atomic E-state index is 6.16. The van der Waals surface area contributed by atoms with Gasteiger partial charge < -0.3 is 9.84 Å². The second kappa shape index (κ2) is 6.77. The number of hydrogen-bond donors (Lipinski definition) is 1. The minimum atomic E-state index is -0.190. The van der Waals surface area contributed by atoms with E-state index in [4.69, 9.17) is 16.1 Å². The first-order valence-corrected chi connectivity index (χ1v) is 7.37. The van der Waals surface area contributed by atoms with Gasteiger partial charge in [0.15, 0.2) is 5.82 Å². The third-order valence-electron chi connectivity index (χ3n) is 3.87. The largest absolute Gasteiger partial charge is 0.337 e. The standard InChI is InChI=1S/C15H18ClN3O.ClH/c1-15(8-4-5-9-17-15)14-18-13(19-20-14)10-11-6-2-3-7-12(11)16;/h2-3,6-7,17H,4-5,8-10H2,1H3;1H. The molecule has 0 aliphatic carbocycles. The molecule has 1 saturated heterocycles. The molecule has 1 aromatic heterocycles. The average Bonchev–Trinajstić information content (AvgIpc) is 2.92. The molecule has 0 radical (unpaired) electrons. The molecule has 1 aromatic carbocycles. The van der Waals surface area contributed by atoms with Crippen LogP contribution in [-0.4, -0.2) is 16.7 Å². The van der Waals surface area contributed by atoms with Gasteiger partial charge in [0.25, 0.3) is 0 Å². The van der Waals surface area contributed by atoms with Gasteiger partial charge in [-0.1, -0.05) is 35.0 Å². The second-order valence-electron chi connectivity index (χ2n) is 5.50. The lowest BCUT2D eigenvalue weighted by Crippen LogP contribution is -2.43. The molecular formula is C15H19Cl2N3O. The number of benzene rings is 1. The van der Waals surface area contributed by atoms with Crippen molar-refractivity contribution in [3.63, 3.8) is 0 Å². The summed E-state index contributed by atoms with van der Waals surface area (Å²) in [7, 11) is 0. The van der Waals surface area contributed by atoms with E-state index < -0.39 is 0 Å². The predicted molar refractivity (Wildman–Crippen MR) is 85.0 cm³/mol. The van der Waals surface area contributed by atoms with Gasteiger partial charge in [-0.3, -0.25) is 0 Å². The molecule has 21 heavy (non-hydrogen) atoms. The van der Waals surface area contributed by atoms with Crippen LogP contribution >= 0.6 is 24.0 Å². The Morgan fingerprint density at radius 2 is 2.14 bits per heavy atom. The molecule has 3 rings (SSSR count). The number of rotatable bonds is 3. The van der Waals surface area contributed by atoms with E-state index in [1.165, 1.54) is 12.8 Å². The quantitative estimate of drug-likeness (QED) is 0.933. The molecule has 0 amide bonds. The van der Waals surface area contributed by atoms with Crippen molar-refractivity contribution in [1.82, 2.24) is 15.5 Å². The zero-order chi connectivity index (χ0) is 14.0. The van der Waals surface area contributed by atoms with Crippen molar-refractivity contribution < 1.29 is 4.52 Å². The van der Waals surface area contributed by atoms with Crippen molar-refractivity contribution in [2.45, 2.75) is 38.1 Å². The summed E-state index contributed by atoms with van der Waals surface area (Å²) < 4.78 is 5.45. The maximum atomic E-state index is 6.16. The first kappa shape index (κ1) is 16.3. The van der Waals surface area contributed by atoms with Crippen molar-refractivity contribution in [3.05, 3.63) is 46.6 Å². The second-order valence-corrected chi connectivity index (χ2v) is 5.91. The smallest absolute Gasteiger partial charge is 0.246 e. The SMILES string of the molecule is CC1(c2nc(Cc3ccccc3Cl)no2)CCCCN1.Cl. The van der Waals surface area contributed by atoms with Crippen LogP contribution in [0.15, 0.2) is 28.8 Å². The summed E-state index contributed by atoms with van der Waals surface area (Å²) in [5.41, 5.74) is 0.826. The average molecular weight is 328 g/mol. The summed E-state index contributed by atoms with van der Waals surface area (Å²) in [5.74, 6) is 1.36. The van der Waals surface area contributed by atoms with Gasteiger partial charge in [-0.2, -0.15) is 4.98 Å². The highest BCUT2D eigenvalue weighted by molar-refractivity contribution is 6.31. The third kappa shape index (κ3) is 3.57. The molecule has 1 unspecified atom stereocenters. The minimum absolute atomic E-state index is 0. The minimum Gasteiger partial charge on any atom is -0.337 e. The fourth-order valence-corrected chi connectivity index (χ4v) is 2.80. The van der Waals surface area contributed by atoms with E-state index in [9.17, 15) is 0 Å². The van der Waals surface area contributed by atoms with E-state index in [0.717, 1.165) is 23.6 Å². The number of nitrogens with one attached hydrogen (secondary N) is 1. The molecule has 0 saturated carbocycles. The van der Waals surface area contributed by atoms with Gasteiger partial charge >= 0.3 is 0 Å². The number of aromatic nitrogens is 2. The van der Waals surface area contributed by atoms with E-state index in [1.807, 2.05) is 24.3 Å². The Labute approximate surface area is 135 Å². The van der Waals surface area contributed by atoms with Gasteiger partial charge in [0.2, 0.25) is 5.89 Å². The summed E-state index contributed by atoms with van der Waals surface area (Å²) in [6, 6.07) is 7.74. The van der Waals surface area contributed by atoms with Gasteiger partial charge in [0.1, 0.15) is 0 Å². The first-order valence-electron chi connectivity index (χ1n) is 6.99.